The van der Waals surface area contributed by atoms with E-state index in [0.717, 1.165) is 16.7 Å². The summed E-state index contributed by atoms with van der Waals surface area (Å²) in [4.78, 5) is 0. The third-order valence-electron chi connectivity index (χ3n) is 1.56. The van der Waals surface area contributed by atoms with Crippen molar-refractivity contribution in [2.24, 2.45) is 17.3 Å². The molecule has 0 saturated heterocycles. The van der Waals surface area contributed by atoms with Crippen LogP contribution in [0.5, 0.6) is 0 Å². The second kappa shape index (κ2) is 3.30. The molecule has 0 unspecified atom stereocenters. The Morgan fingerprint density at radius 3 is 2.67 bits per heavy atom. The molecule has 4 nitrogen and oxygen atoms in total. The zero-order chi connectivity index (χ0) is 9.14. The minimum Gasteiger partial charge on any atom is -0.249 e. The first-order valence-electron chi connectivity index (χ1n) is 3.66. The molecule has 0 amide bonds. The number of nitrogens with zero attached hydrogens (tertiary/aromatic N) is 4. The van der Waals surface area contributed by atoms with E-state index in [0.29, 0.717) is 0 Å². The van der Waals surface area contributed by atoms with Crippen LogP contribution in [0.4, 0.5) is 0 Å². The standard InChI is InChI=1S/C8H12N4/c1-6-5-7(2)11-12(4)8(6)10-9-3/h5H,3H2,1-2,4H3/b10-8-. The minimum atomic E-state index is 0.746. The predicted molar refractivity (Wildman–Crippen MR) is 47.8 cm³/mol. The van der Waals surface area contributed by atoms with Crippen LogP contribution in [0.25, 0.3) is 0 Å². The number of rotatable bonds is 1. The van der Waals surface area contributed by atoms with Crippen LogP contribution in [0.3, 0.4) is 0 Å². The van der Waals surface area contributed by atoms with Gasteiger partial charge in [-0.15, -0.1) is 5.10 Å². The highest BCUT2D eigenvalue weighted by molar-refractivity contribution is 5.22. The van der Waals surface area contributed by atoms with E-state index in [9.17, 15) is 0 Å². The van der Waals surface area contributed by atoms with E-state index >= 15 is 0 Å². The molecule has 0 radical (unpaired) electrons. The summed E-state index contributed by atoms with van der Waals surface area (Å²) in [6.07, 6.45) is 0. The second-order valence-electron chi connectivity index (χ2n) is 2.66. The lowest BCUT2D eigenvalue weighted by atomic mass is 10.3. The lowest BCUT2D eigenvalue weighted by Crippen LogP contribution is -2.23. The summed E-state index contributed by atoms with van der Waals surface area (Å²) in [6, 6.07) is 1.96. The molecule has 0 aliphatic rings. The lowest BCUT2D eigenvalue weighted by molar-refractivity contribution is 0.664. The molecule has 0 fully saturated rings. The zero-order valence-electron chi connectivity index (χ0n) is 7.57. The first-order valence-corrected chi connectivity index (χ1v) is 3.66. The molecule has 0 atom stereocenters. The number of hydrogen-bond donors (Lipinski definition) is 0. The third kappa shape index (κ3) is 1.58. The Bertz CT molecular complexity index is 336. The summed E-state index contributed by atoms with van der Waals surface area (Å²) in [5, 5.41) is 11.5. The molecule has 4 heteroatoms. The Kier molecular flexibility index (Phi) is 2.38. The highest BCUT2D eigenvalue weighted by Crippen LogP contribution is 1.91. The fourth-order valence-corrected chi connectivity index (χ4v) is 1.16. The van der Waals surface area contributed by atoms with Crippen LogP contribution in [-0.2, 0) is 7.05 Å². The molecule has 0 aromatic carbocycles. The van der Waals surface area contributed by atoms with E-state index < -0.39 is 0 Å². The molecular formula is C8H12N4. The van der Waals surface area contributed by atoms with Crippen molar-refractivity contribution < 1.29 is 0 Å². The van der Waals surface area contributed by atoms with Crippen LogP contribution in [0.1, 0.15) is 11.3 Å². The van der Waals surface area contributed by atoms with Gasteiger partial charge in [0.25, 0.3) is 0 Å². The van der Waals surface area contributed by atoms with Crippen LogP contribution >= 0.6 is 0 Å². The van der Waals surface area contributed by atoms with Crippen LogP contribution in [0.2, 0.25) is 0 Å². The van der Waals surface area contributed by atoms with Gasteiger partial charge in [0.05, 0.1) is 5.69 Å². The van der Waals surface area contributed by atoms with Crippen molar-refractivity contribution in [2.45, 2.75) is 13.8 Å². The summed E-state index contributed by atoms with van der Waals surface area (Å²) >= 11 is 0. The summed E-state index contributed by atoms with van der Waals surface area (Å²) < 4.78 is 1.69. The summed E-state index contributed by atoms with van der Waals surface area (Å²) in [7, 11) is 1.84. The van der Waals surface area contributed by atoms with Gasteiger partial charge in [0.2, 0.25) is 0 Å². The van der Waals surface area contributed by atoms with Crippen molar-refractivity contribution >= 4 is 6.72 Å². The van der Waals surface area contributed by atoms with Crippen LogP contribution in [0.15, 0.2) is 16.3 Å². The smallest absolute Gasteiger partial charge is 0.174 e. The number of aromatic nitrogens is 2. The van der Waals surface area contributed by atoms with Gasteiger partial charge in [0.15, 0.2) is 5.49 Å². The van der Waals surface area contributed by atoms with Gasteiger partial charge >= 0.3 is 0 Å². The van der Waals surface area contributed by atoms with Gasteiger partial charge in [-0.1, -0.05) is 0 Å². The van der Waals surface area contributed by atoms with Gasteiger partial charge in [0, 0.05) is 13.8 Å². The maximum Gasteiger partial charge on any atom is 0.174 e. The van der Waals surface area contributed by atoms with Gasteiger partial charge in [-0.3, -0.25) is 0 Å². The van der Waals surface area contributed by atoms with Crippen molar-refractivity contribution in [3.63, 3.8) is 0 Å². The van der Waals surface area contributed by atoms with E-state index in [1.165, 1.54) is 0 Å². The molecule has 0 aliphatic carbocycles. The highest BCUT2D eigenvalue weighted by atomic mass is 15.3. The lowest BCUT2D eigenvalue weighted by Gasteiger charge is -2.01. The molecule has 1 heterocycles. The number of aryl methyl sites for hydroxylation is 3. The predicted octanol–water partition coefficient (Wildman–Crippen LogP) is 0.553. The van der Waals surface area contributed by atoms with E-state index in [2.05, 4.69) is 22.0 Å². The highest BCUT2D eigenvalue weighted by Gasteiger charge is 1.95. The van der Waals surface area contributed by atoms with E-state index in [4.69, 9.17) is 0 Å². The summed E-state index contributed by atoms with van der Waals surface area (Å²) in [5.74, 6) is 0. The van der Waals surface area contributed by atoms with Crippen LogP contribution in [-0.4, -0.2) is 16.5 Å². The maximum atomic E-state index is 4.19. The van der Waals surface area contributed by atoms with Crippen molar-refractivity contribution in [1.82, 2.24) is 9.78 Å². The van der Waals surface area contributed by atoms with E-state index in [1.54, 1.807) is 4.68 Å². The summed E-state index contributed by atoms with van der Waals surface area (Å²) in [5.41, 5.74) is 2.77. The average molecular weight is 164 g/mol. The quantitative estimate of drug-likeness (QED) is 0.441. The minimum absolute atomic E-state index is 0.746. The Morgan fingerprint density at radius 2 is 2.17 bits per heavy atom. The molecular weight excluding hydrogens is 152 g/mol. The van der Waals surface area contributed by atoms with E-state index in [-0.39, 0.29) is 0 Å². The van der Waals surface area contributed by atoms with Crippen molar-refractivity contribution in [3.05, 3.63) is 22.8 Å². The summed E-state index contributed by atoms with van der Waals surface area (Å²) in [6.45, 7) is 7.22. The molecule has 0 spiro atoms. The third-order valence-corrected chi connectivity index (χ3v) is 1.56. The van der Waals surface area contributed by atoms with Gasteiger partial charge in [-0.05, 0) is 25.5 Å². The molecule has 0 N–H and O–H groups in total. The first kappa shape index (κ1) is 8.64. The molecule has 0 saturated carbocycles. The first-order chi connectivity index (χ1) is 5.65. The molecule has 0 aliphatic heterocycles. The van der Waals surface area contributed by atoms with Gasteiger partial charge < -0.3 is 0 Å². The molecule has 1 aromatic heterocycles. The molecule has 1 aromatic rings. The maximum absolute atomic E-state index is 4.19. The van der Waals surface area contributed by atoms with E-state index in [1.807, 2.05) is 27.0 Å². The molecule has 64 valence electrons. The van der Waals surface area contributed by atoms with Crippen LogP contribution in [0, 0.1) is 13.8 Å². The van der Waals surface area contributed by atoms with Crippen molar-refractivity contribution in [1.29, 1.82) is 0 Å². The Balaban J connectivity index is 3.48. The molecule has 1 rings (SSSR count). The van der Waals surface area contributed by atoms with Crippen LogP contribution < -0.4 is 5.49 Å². The molecule has 12 heavy (non-hydrogen) atoms. The topological polar surface area (TPSA) is 42.5 Å². The second-order valence-corrected chi connectivity index (χ2v) is 2.66. The van der Waals surface area contributed by atoms with Crippen molar-refractivity contribution in [2.75, 3.05) is 0 Å². The normalized spacial score (nSPS) is 11.8. The van der Waals surface area contributed by atoms with Gasteiger partial charge in [-0.25, -0.2) is 4.68 Å². The largest absolute Gasteiger partial charge is 0.249 e. The Labute approximate surface area is 71.3 Å². The van der Waals surface area contributed by atoms with Gasteiger partial charge in [-0.2, -0.15) is 10.2 Å². The SMILES string of the molecule is C=N/N=c1/c(C)cc(C)nn1C. The Hall–Kier alpha value is -1.45. The van der Waals surface area contributed by atoms with Gasteiger partial charge in [0.1, 0.15) is 0 Å². The molecule has 0 bridgehead atoms. The fraction of sp³-hybridized carbons (Fsp3) is 0.375. The fourth-order valence-electron chi connectivity index (χ4n) is 1.16. The Morgan fingerprint density at radius 1 is 1.50 bits per heavy atom. The van der Waals surface area contributed by atoms with Crippen molar-refractivity contribution in [3.8, 4) is 0 Å². The number of hydrogen-bond acceptors (Lipinski definition) is 3. The zero-order valence-corrected chi connectivity index (χ0v) is 7.57. The average Bonchev–Trinajstić information content (AvgIpc) is 1.96. The monoisotopic (exact) mass is 164 g/mol.